The first-order valence-electron chi connectivity index (χ1n) is 7.66. The quantitative estimate of drug-likeness (QED) is 0.639. The highest BCUT2D eigenvalue weighted by molar-refractivity contribution is 6.02. The van der Waals surface area contributed by atoms with Crippen LogP contribution in [0.5, 0.6) is 5.75 Å². The molecule has 0 aliphatic heterocycles. The number of aryl methyl sites for hydroxylation is 1. The van der Waals surface area contributed by atoms with Gasteiger partial charge in [-0.1, -0.05) is 24.3 Å². The molecule has 4 heteroatoms. The van der Waals surface area contributed by atoms with Gasteiger partial charge in [-0.15, -0.1) is 0 Å². The lowest BCUT2D eigenvalue weighted by atomic mass is 9.87. The molecule has 0 heterocycles. The number of Topliss-reactive ketones (excluding diaryl/α,β-unsaturated/α-hetero) is 1. The molecule has 2 aromatic carbocycles. The van der Waals surface area contributed by atoms with Gasteiger partial charge in [0.1, 0.15) is 11.6 Å². The average Bonchev–Trinajstić information content (AvgIpc) is 2.53. The zero-order valence-electron chi connectivity index (χ0n) is 12.9. The molecule has 118 valence electrons. The third-order valence-electron chi connectivity index (χ3n) is 4.13. The maximum atomic E-state index is 13.6. The van der Waals surface area contributed by atoms with Crippen LogP contribution in [0.15, 0.2) is 36.4 Å². The molecule has 0 amide bonds. The number of hydrogen-bond acceptors (Lipinski definition) is 3. The summed E-state index contributed by atoms with van der Waals surface area (Å²) in [6.45, 7) is 1.95. The first-order valence-corrected chi connectivity index (χ1v) is 7.66. The molecule has 1 aliphatic carbocycles. The maximum absolute atomic E-state index is 13.6. The molecule has 0 radical (unpaired) electrons. The summed E-state index contributed by atoms with van der Waals surface area (Å²) >= 11 is 0. The van der Waals surface area contributed by atoms with Gasteiger partial charge in [-0.3, -0.25) is 9.59 Å². The molecule has 3 nitrogen and oxygen atoms in total. The summed E-state index contributed by atoms with van der Waals surface area (Å²) in [6.07, 6.45) is 1.93. The van der Waals surface area contributed by atoms with Crippen LogP contribution < -0.4 is 4.74 Å². The van der Waals surface area contributed by atoms with Gasteiger partial charge in [0.2, 0.25) is 0 Å². The van der Waals surface area contributed by atoms with Crippen molar-refractivity contribution in [2.75, 3.05) is 0 Å². The van der Waals surface area contributed by atoms with E-state index in [0.29, 0.717) is 12.0 Å². The van der Waals surface area contributed by atoms with Gasteiger partial charge >= 0.3 is 5.97 Å². The number of ketones is 1. The highest BCUT2D eigenvalue weighted by atomic mass is 19.1. The molecule has 23 heavy (non-hydrogen) atoms. The summed E-state index contributed by atoms with van der Waals surface area (Å²) in [5.41, 5.74) is 2.78. The highest BCUT2D eigenvalue weighted by Gasteiger charge is 2.24. The lowest BCUT2D eigenvalue weighted by molar-refractivity contribution is -0.133. The smallest absolute Gasteiger partial charge is 0.315 e. The van der Waals surface area contributed by atoms with Crippen LogP contribution in [0.25, 0.3) is 0 Å². The Labute approximate surface area is 134 Å². The second-order valence-electron chi connectivity index (χ2n) is 5.75. The van der Waals surface area contributed by atoms with Gasteiger partial charge in [-0.25, -0.2) is 4.39 Å². The largest absolute Gasteiger partial charge is 0.425 e. The van der Waals surface area contributed by atoms with E-state index in [1.54, 1.807) is 24.3 Å². The molecule has 0 bridgehead atoms. The van der Waals surface area contributed by atoms with Crippen molar-refractivity contribution >= 4 is 11.8 Å². The van der Waals surface area contributed by atoms with Crippen molar-refractivity contribution in [2.45, 2.75) is 32.6 Å². The Morgan fingerprint density at radius 2 is 1.96 bits per heavy atom. The van der Waals surface area contributed by atoms with E-state index in [1.165, 1.54) is 6.07 Å². The van der Waals surface area contributed by atoms with Crippen molar-refractivity contribution in [1.29, 1.82) is 0 Å². The number of esters is 1. The van der Waals surface area contributed by atoms with Crippen LogP contribution in [0.1, 0.15) is 39.9 Å². The fourth-order valence-electron chi connectivity index (χ4n) is 2.95. The van der Waals surface area contributed by atoms with Crippen LogP contribution >= 0.6 is 0 Å². The molecule has 0 fully saturated rings. The standard InChI is InChI=1S/C19H17FO3/c1-12-9-10-17(19-14(12)6-4-8-16(19)21)23-18(22)11-13-5-2-3-7-15(13)20/h2-3,5,7,9-10H,4,6,8,11H2,1H3. The summed E-state index contributed by atoms with van der Waals surface area (Å²) in [6, 6.07) is 9.59. The molecule has 0 saturated heterocycles. The molecule has 3 rings (SSSR count). The van der Waals surface area contributed by atoms with Crippen molar-refractivity contribution in [1.82, 2.24) is 0 Å². The molecule has 0 unspecified atom stereocenters. The lowest BCUT2D eigenvalue weighted by Gasteiger charge is -2.20. The van der Waals surface area contributed by atoms with Crippen LogP contribution in [0.4, 0.5) is 4.39 Å². The fraction of sp³-hybridized carbons (Fsp3) is 0.263. The zero-order valence-corrected chi connectivity index (χ0v) is 12.9. The van der Waals surface area contributed by atoms with Gasteiger partial charge in [0.05, 0.1) is 12.0 Å². The Balaban J connectivity index is 1.85. The van der Waals surface area contributed by atoms with Crippen LogP contribution in [-0.4, -0.2) is 11.8 Å². The Morgan fingerprint density at radius 1 is 1.17 bits per heavy atom. The van der Waals surface area contributed by atoms with E-state index in [4.69, 9.17) is 4.74 Å². The van der Waals surface area contributed by atoms with E-state index in [1.807, 2.05) is 13.0 Å². The monoisotopic (exact) mass is 312 g/mol. The summed E-state index contributed by atoms with van der Waals surface area (Å²) < 4.78 is 19.0. The van der Waals surface area contributed by atoms with Crippen LogP contribution in [0.3, 0.4) is 0 Å². The first-order chi connectivity index (χ1) is 11.1. The van der Waals surface area contributed by atoms with Crippen molar-refractivity contribution < 1.29 is 18.7 Å². The Morgan fingerprint density at radius 3 is 2.74 bits per heavy atom. The molecular weight excluding hydrogens is 295 g/mol. The van der Waals surface area contributed by atoms with Gasteiger partial charge in [0, 0.05) is 6.42 Å². The van der Waals surface area contributed by atoms with Crippen LogP contribution in [-0.2, 0) is 17.6 Å². The van der Waals surface area contributed by atoms with E-state index >= 15 is 0 Å². The van der Waals surface area contributed by atoms with Gasteiger partial charge in [-0.05, 0) is 48.6 Å². The number of carbonyl (C=O) groups excluding carboxylic acids is 2. The number of rotatable bonds is 3. The SMILES string of the molecule is Cc1ccc(OC(=O)Cc2ccccc2F)c2c1CCCC2=O. The summed E-state index contributed by atoms with van der Waals surface area (Å²) in [4.78, 5) is 24.3. The second-order valence-corrected chi connectivity index (χ2v) is 5.75. The molecule has 0 atom stereocenters. The molecule has 0 N–H and O–H groups in total. The first kappa shape index (κ1) is 15.4. The molecule has 0 spiro atoms. The fourth-order valence-corrected chi connectivity index (χ4v) is 2.95. The summed E-state index contributed by atoms with van der Waals surface area (Å²) in [7, 11) is 0. The molecular formula is C19H17FO3. The number of ether oxygens (including phenoxy) is 1. The van der Waals surface area contributed by atoms with Crippen LogP contribution in [0, 0.1) is 12.7 Å². The minimum Gasteiger partial charge on any atom is -0.425 e. The summed E-state index contributed by atoms with van der Waals surface area (Å²) in [5, 5.41) is 0. The Bertz CT molecular complexity index is 780. The summed E-state index contributed by atoms with van der Waals surface area (Å²) in [5.74, 6) is -0.716. The number of fused-ring (bicyclic) bond motifs is 1. The minimum atomic E-state index is -0.570. The van der Waals surface area contributed by atoms with E-state index < -0.39 is 11.8 Å². The molecule has 1 aliphatic rings. The zero-order chi connectivity index (χ0) is 16.4. The highest BCUT2D eigenvalue weighted by Crippen LogP contribution is 2.32. The number of carbonyl (C=O) groups is 2. The number of hydrogen-bond donors (Lipinski definition) is 0. The minimum absolute atomic E-state index is 0.00337. The normalized spacial score (nSPS) is 13.6. The maximum Gasteiger partial charge on any atom is 0.315 e. The predicted octanol–water partition coefficient (Wildman–Crippen LogP) is 3.80. The molecule has 0 aromatic heterocycles. The number of halogens is 1. The van der Waals surface area contributed by atoms with Crippen molar-refractivity contribution in [3.63, 3.8) is 0 Å². The van der Waals surface area contributed by atoms with E-state index in [0.717, 1.165) is 24.0 Å². The van der Waals surface area contributed by atoms with E-state index in [-0.39, 0.29) is 23.5 Å². The van der Waals surface area contributed by atoms with Gasteiger partial charge < -0.3 is 4.74 Å². The van der Waals surface area contributed by atoms with Gasteiger partial charge in [0.25, 0.3) is 0 Å². The second kappa shape index (κ2) is 6.32. The van der Waals surface area contributed by atoms with Crippen molar-refractivity contribution in [2.24, 2.45) is 0 Å². The average molecular weight is 312 g/mol. The van der Waals surface area contributed by atoms with Gasteiger partial charge in [0.15, 0.2) is 5.78 Å². The Hall–Kier alpha value is -2.49. The topological polar surface area (TPSA) is 43.4 Å². The van der Waals surface area contributed by atoms with Crippen LogP contribution in [0.2, 0.25) is 0 Å². The van der Waals surface area contributed by atoms with Crippen molar-refractivity contribution in [3.05, 3.63) is 64.5 Å². The molecule has 0 saturated carbocycles. The number of benzene rings is 2. The third-order valence-corrected chi connectivity index (χ3v) is 4.13. The predicted molar refractivity (Wildman–Crippen MR) is 84.2 cm³/mol. The van der Waals surface area contributed by atoms with Crippen molar-refractivity contribution in [3.8, 4) is 5.75 Å². The van der Waals surface area contributed by atoms with E-state index in [9.17, 15) is 14.0 Å². The Kier molecular flexibility index (Phi) is 4.24. The van der Waals surface area contributed by atoms with Gasteiger partial charge in [-0.2, -0.15) is 0 Å². The van der Waals surface area contributed by atoms with E-state index in [2.05, 4.69) is 0 Å². The molecule has 2 aromatic rings. The third kappa shape index (κ3) is 3.16. The lowest BCUT2D eigenvalue weighted by Crippen LogP contribution is -2.18.